The lowest BCUT2D eigenvalue weighted by molar-refractivity contribution is 0.153. The van der Waals surface area contributed by atoms with Gasteiger partial charge in [0.1, 0.15) is 5.76 Å². The van der Waals surface area contributed by atoms with E-state index in [-0.39, 0.29) is 6.10 Å². The summed E-state index contributed by atoms with van der Waals surface area (Å²) in [5.74, 6) is 2.01. The van der Waals surface area contributed by atoms with Gasteiger partial charge in [-0.05, 0) is 32.8 Å². The molecule has 7 nitrogen and oxygen atoms in total. The summed E-state index contributed by atoms with van der Waals surface area (Å²) in [5, 5.41) is 13.9. The number of β-amino-alcohol motifs (C(OH)–C–C–N with tert-alkyl or cyclic N) is 1. The zero-order valence-corrected chi connectivity index (χ0v) is 14.3. The van der Waals surface area contributed by atoms with Crippen LogP contribution in [0.3, 0.4) is 0 Å². The number of furan rings is 1. The van der Waals surface area contributed by atoms with E-state index in [9.17, 15) is 5.11 Å². The van der Waals surface area contributed by atoms with Crippen LogP contribution in [-0.2, 0) is 0 Å². The summed E-state index contributed by atoms with van der Waals surface area (Å²) < 4.78 is 10.9. The Morgan fingerprint density at radius 1 is 1.28 bits per heavy atom. The van der Waals surface area contributed by atoms with E-state index in [0.29, 0.717) is 18.3 Å². The number of aliphatic hydroxyl groups excluding tert-OH is 1. The standard InChI is InChI=1S/C18H20N4O3/c1-11-8-16(25-21-11)15-9-19-18(22-6-3-4-13(23)10-22)20-17(15)14-5-7-24-12(14)2/h5,7-9,13,23H,3-4,6,10H2,1-2H3. The van der Waals surface area contributed by atoms with Crippen molar-refractivity contribution >= 4 is 5.95 Å². The second-order valence-electron chi connectivity index (χ2n) is 6.40. The Hall–Kier alpha value is -2.67. The van der Waals surface area contributed by atoms with Crippen molar-refractivity contribution in [2.24, 2.45) is 0 Å². The van der Waals surface area contributed by atoms with Crippen LogP contribution in [0.1, 0.15) is 24.3 Å². The fourth-order valence-electron chi connectivity index (χ4n) is 3.17. The van der Waals surface area contributed by atoms with Crippen LogP contribution >= 0.6 is 0 Å². The molecular formula is C18H20N4O3. The summed E-state index contributed by atoms with van der Waals surface area (Å²) in [5.41, 5.74) is 3.21. The van der Waals surface area contributed by atoms with Gasteiger partial charge in [-0.25, -0.2) is 9.97 Å². The van der Waals surface area contributed by atoms with Crippen molar-refractivity contribution in [3.8, 4) is 22.6 Å². The summed E-state index contributed by atoms with van der Waals surface area (Å²) in [6.07, 6.45) is 4.80. The molecule has 0 saturated carbocycles. The van der Waals surface area contributed by atoms with Crippen LogP contribution in [0.5, 0.6) is 0 Å². The molecule has 25 heavy (non-hydrogen) atoms. The molecule has 130 valence electrons. The van der Waals surface area contributed by atoms with E-state index in [2.05, 4.69) is 10.1 Å². The first-order chi connectivity index (χ1) is 12.1. The first kappa shape index (κ1) is 15.8. The van der Waals surface area contributed by atoms with Crippen LogP contribution in [0.4, 0.5) is 5.95 Å². The third-order valence-electron chi connectivity index (χ3n) is 4.46. The molecule has 0 amide bonds. The molecule has 0 aliphatic carbocycles. The number of aryl methyl sites for hydroxylation is 2. The predicted molar refractivity (Wildman–Crippen MR) is 92.2 cm³/mol. The number of anilines is 1. The molecule has 0 aromatic carbocycles. The molecule has 0 bridgehead atoms. The third-order valence-corrected chi connectivity index (χ3v) is 4.46. The third kappa shape index (κ3) is 3.02. The number of piperidine rings is 1. The zero-order chi connectivity index (χ0) is 17.4. The van der Waals surface area contributed by atoms with E-state index >= 15 is 0 Å². The second-order valence-corrected chi connectivity index (χ2v) is 6.40. The number of nitrogens with zero attached hydrogens (tertiary/aromatic N) is 4. The molecule has 0 radical (unpaired) electrons. The lowest BCUT2D eigenvalue weighted by Crippen LogP contribution is -2.39. The van der Waals surface area contributed by atoms with Gasteiger partial charge in [-0.2, -0.15) is 0 Å². The van der Waals surface area contributed by atoms with Gasteiger partial charge in [-0.15, -0.1) is 0 Å². The topological polar surface area (TPSA) is 88.4 Å². The first-order valence-corrected chi connectivity index (χ1v) is 8.40. The minimum Gasteiger partial charge on any atom is -0.469 e. The van der Waals surface area contributed by atoms with Gasteiger partial charge in [0, 0.05) is 30.9 Å². The van der Waals surface area contributed by atoms with E-state index in [1.165, 1.54) is 0 Å². The highest BCUT2D eigenvalue weighted by atomic mass is 16.5. The molecule has 3 aromatic rings. The van der Waals surface area contributed by atoms with Gasteiger partial charge in [0.15, 0.2) is 5.76 Å². The van der Waals surface area contributed by atoms with Crippen molar-refractivity contribution < 1.29 is 14.0 Å². The molecule has 4 rings (SSSR count). The molecule has 1 aliphatic heterocycles. The maximum absolute atomic E-state index is 9.94. The molecule has 1 unspecified atom stereocenters. The highest BCUT2D eigenvalue weighted by Gasteiger charge is 2.23. The van der Waals surface area contributed by atoms with Crippen LogP contribution in [0.25, 0.3) is 22.6 Å². The number of hydrogen-bond acceptors (Lipinski definition) is 7. The van der Waals surface area contributed by atoms with Crippen molar-refractivity contribution in [2.45, 2.75) is 32.8 Å². The molecule has 1 N–H and O–H groups in total. The van der Waals surface area contributed by atoms with Gasteiger partial charge in [0.05, 0.1) is 29.3 Å². The molecule has 1 saturated heterocycles. The summed E-state index contributed by atoms with van der Waals surface area (Å²) in [7, 11) is 0. The lowest BCUT2D eigenvalue weighted by atomic mass is 10.1. The second kappa shape index (κ2) is 6.33. The van der Waals surface area contributed by atoms with Crippen LogP contribution in [0.2, 0.25) is 0 Å². The molecular weight excluding hydrogens is 320 g/mol. The van der Waals surface area contributed by atoms with E-state index < -0.39 is 0 Å². The Bertz CT molecular complexity index is 886. The van der Waals surface area contributed by atoms with Crippen LogP contribution < -0.4 is 4.90 Å². The van der Waals surface area contributed by atoms with E-state index in [1.807, 2.05) is 30.9 Å². The lowest BCUT2D eigenvalue weighted by Gasteiger charge is -2.30. The largest absolute Gasteiger partial charge is 0.469 e. The Kier molecular flexibility index (Phi) is 4.01. The molecule has 7 heteroatoms. The monoisotopic (exact) mass is 340 g/mol. The summed E-state index contributed by atoms with van der Waals surface area (Å²) in [6.45, 7) is 5.16. The highest BCUT2D eigenvalue weighted by Crippen LogP contribution is 2.34. The van der Waals surface area contributed by atoms with Crippen LogP contribution in [0, 0.1) is 13.8 Å². The minimum atomic E-state index is -0.340. The quantitative estimate of drug-likeness (QED) is 0.784. The first-order valence-electron chi connectivity index (χ1n) is 8.40. The van der Waals surface area contributed by atoms with Gasteiger partial charge in [0.2, 0.25) is 5.95 Å². The maximum Gasteiger partial charge on any atom is 0.225 e. The molecule has 4 heterocycles. The SMILES string of the molecule is Cc1cc(-c2cnc(N3CCCC(O)C3)nc2-c2ccoc2C)on1. The van der Waals surface area contributed by atoms with Crippen molar-refractivity contribution in [2.75, 3.05) is 18.0 Å². The van der Waals surface area contributed by atoms with E-state index in [1.54, 1.807) is 12.5 Å². The fraction of sp³-hybridized carbons (Fsp3) is 0.389. The zero-order valence-electron chi connectivity index (χ0n) is 14.3. The summed E-state index contributed by atoms with van der Waals surface area (Å²) in [4.78, 5) is 11.3. The highest BCUT2D eigenvalue weighted by molar-refractivity contribution is 5.79. The van der Waals surface area contributed by atoms with Crippen molar-refractivity contribution in [1.82, 2.24) is 15.1 Å². The Balaban J connectivity index is 1.81. The number of rotatable bonds is 3. The van der Waals surface area contributed by atoms with Gasteiger partial charge >= 0.3 is 0 Å². The van der Waals surface area contributed by atoms with Crippen molar-refractivity contribution in [3.63, 3.8) is 0 Å². The maximum atomic E-state index is 9.94. The predicted octanol–water partition coefficient (Wildman–Crippen LogP) is 2.97. The Morgan fingerprint density at radius 3 is 2.84 bits per heavy atom. The van der Waals surface area contributed by atoms with Gasteiger partial charge in [-0.1, -0.05) is 5.16 Å². The Labute approximate surface area is 145 Å². The van der Waals surface area contributed by atoms with E-state index in [4.69, 9.17) is 13.9 Å². The number of aliphatic hydroxyl groups is 1. The average molecular weight is 340 g/mol. The van der Waals surface area contributed by atoms with E-state index in [0.717, 1.165) is 47.7 Å². The van der Waals surface area contributed by atoms with Gasteiger partial charge < -0.3 is 18.9 Å². The normalized spacial score (nSPS) is 17.9. The van der Waals surface area contributed by atoms with Gasteiger partial charge in [-0.3, -0.25) is 0 Å². The minimum absolute atomic E-state index is 0.340. The molecule has 1 fully saturated rings. The smallest absolute Gasteiger partial charge is 0.225 e. The van der Waals surface area contributed by atoms with Gasteiger partial charge in [0.25, 0.3) is 0 Å². The molecule has 1 atom stereocenters. The molecule has 0 spiro atoms. The molecule has 1 aliphatic rings. The summed E-state index contributed by atoms with van der Waals surface area (Å²) in [6, 6.07) is 3.75. The number of aromatic nitrogens is 3. The summed E-state index contributed by atoms with van der Waals surface area (Å²) >= 11 is 0. The average Bonchev–Trinajstić information content (AvgIpc) is 3.22. The molecule has 3 aromatic heterocycles. The fourth-order valence-corrected chi connectivity index (χ4v) is 3.17. The number of hydrogen-bond donors (Lipinski definition) is 1. The van der Waals surface area contributed by atoms with Crippen LogP contribution in [-0.4, -0.2) is 39.4 Å². The van der Waals surface area contributed by atoms with Crippen molar-refractivity contribution in [1.29, 1.82) is 0 Å². The van der Waals surface area contributed by atoms with Crippen LogP contribution in [0.15, 0.2) is 33.5 Å². The van der Waals surface area contributed by atoms with Crippen molar-refractivity contribution in [3.05, 3.63) is 36.0 Å². The Morgan fingerprint density at radius 2 is 2.16 bits per heavy atom.